The average Bonchev–Trinajstić information content (AvgIpc) is 2.87. The molecule has 2 aliphatic heterocycles. The molecule has 1 aromatic rings. The van der Waals surface area contributed by atoms with Crippen LogP contribution >= 0.6 is 31.9 Å². The first-order valence-electron chi connectivity index (χ1n) is 5.80. The van der Waals surface area contributed by atoms with Gasteiger partial charge in [-0.15, -0.1) is 0 Å². The number of guanidine groups is 1. The molecule has 0 saturated carbocycles. The van der Waals surface area contributed by atoms with E-state index in [-0.39, 0.29) is 11.8 Å². The number of hydrogen-bond donors (Lipinski definition) is 3. The molecule has 1 unspecified atom stereocenters. The second-order valence-electron chi connectivity index (χ2n) is 4.42. The SMILES string of the molecule is NC1=NCC(C2CCNC(=O)c3[nH]c(Br)c(Br)c32)=N1. The molecule has 0 spiro atoms. The number of nitrogens with one attached hydrogen (secondary N) is 2. The van der Waals surface area contributed by atoms with Crippen LogP contribution in [0, 0.1) is 0 Å². The van der Waals surface area contributed by atoms with E-state index in [1.807, 2.05) is 0 Å². The maximum Gasteiger partial charge on any atom is 0.268 e. The van der Waals surface area contributed by atoms with Gasteiger partial charge in [0.25, 0.3) is 5.91 Å². The van der Waals surface area contributed by atoms with Crippen molar-refractivity contribution in [2.24, 2.45) is 15.7 Å². The number of nitrogens with two attached hydrogens (primary N) is 1. The summed E-state index contributed by atoms with van der Waals surface area (Å²) in [5.74, 6) is 0.248. The van der Waals surface area contributed by atoms with Gasteiger partial charge in [-0.25, -0.2) is 9.98 Å². The van der Waals surface area contributed by atoms with Crippen LogP contribution < -0.4 is 11.1 Å². The molecule has 8 heteroatoms. The lowest BCUT2D eigenvalue weighted by Gasteiger charge is -2.14. The van der Waals surface area contributed by atoms with Gasteiger partial charge < -0.3 is 16.0 Å². The molecule has 0 fully saturated rings. The molecule has 1 amide bonds. The van der Waals surface area contributed by atoms with Crippen molar-refractivity contribution in [3.63, 3.8) is 0 Å². The fourth-order valence-electron chi connectivity index (χ4n) is 2.43. The highest BCUT2D eigenvalue weighted by Gasteiger charge is 2.32. The van der Waals surface area contributed by atoms with E-state index >= 15 is 0 Å². The van der Waals surface area contributed by atoms with Gasteiger partial charge in [0.15, 0.2) is 0 Å². The molecule has 3 rings (SSSR count). The van der Waals surface area contributed by atoms with E-state index in [2.05, 4.69) is 52.1 Å². The van der Waals surface area contributed by atoms with Gasteiger partial charge in [0.1, 0.15) is 5.69 Å². The molecular weight excluding hydrogens is 378 g/mol. The molecular formula is C11H11Br2N5O. The Balaban J connectivity index is 2.10. The van der Waals surface area contributed by atoms with E-state index in [9.17, 15) is 4.79 Å². The lowest BCUT2D eigenvalue weighted by Crippen LogP contribution is -2.23. The first-order valence-corrected chi connectivity index (χ1v) is 7.39. The molecule has 0 bridgehead atoms. The van der Waals surface area contributed by atoms with Gasteiger partial charge in [0, 0.05) is 18.0 Å². The number of nitrogens with zero attached hydrogens (tertiary/aromatic N) is 2. The number of carbonyl (C=O) groups excluding carboxylic acids is 1. The van der Waals surface area contributed by atoms with Gasteiger partial charge in [0.2, 0.25) is 5.96 Å². The zero-order valence-corrected chi connectivity index (χ0v) is 13.0. The standard InChI is InChI=1S/C11H11Br2N5O/c12-7-6-4(5-3-16-11(14)17-5)1-2-15-10(19)8(6)18-9(7)13/h4,18H,1-3H2,(H2,14,16)(H,15,19). The first kappa shape index (κ1) is 12.9. The number of rotatable bonds is 1. The lowest BCUT2D eigenvalue weighted by atomic mass is 9.91. The average molecular weight is 389 g/mol. The highest BCUT2D eigenvalue weighted by atomic mass is 79.9. The number of carbonyl (C=O) groups is 1. The Labute approximate surface area is 126 Å². The summed E-state index contributed by atoms with van der Waals surface area (Å²) in [6.07, 6.45) is 0.781. The Morgan fingerprint density at radius 1 is 1.37 bits per heavy atom. The van der Waals surface area contributed by atoms with Crippen molar-refractivity contribution in [1.29, 1.82) is 0 Å². The van der Waals surface area contributed by atoms with Crippen LogP contribution in [0.4, 0.5) is 0 Å². The maximum atomic E-state index is 12.0. The minimum atomic E-state index is -0.101. The third kappa shape index (κ3) is 2.12. The molecule has 6 nitrogen and oxygen atoms in total. The second kappa shape index (κ2) is 4.75. The summed E-state index contributed by atoms with van der Waals surface area (Å²) in [6, 6.07) is 0. The highest BCUT2D eigenvalue weighted by molar-refractivity contribution is 9.13. The lowest BCUT2D eigenvalue weighted by molar-refractivity contribution is 0.0951. The second-order valence-corrected chi connectivity index (χ2v) is 6.00. The number of aromatic amines is 1. The Hall–Kier alpha value is -1.15. The topological polar surface area (TPSA) is 95.6 Å². The Kier molecular flexibility index (Phi) is 3.22. The maximum absolute atomic E-state index is 12.0. The normalized spacial score (nSPS) is 22.4. The van der Waals surface area contributed by atoms with Gasteiger partial charge in [0.05, 0.1) is 21.3 Å². The Morgan fingerprint density at radius 3 is 2.84 bits per heavy atom. The van der Waals surface area contributed by atoms with E-state index in [4.69, 9.17) is 5.73 Å². The predicted octanol–water partition coefficient (Wildman–Crippen LogP) is 1.53. The summed E-state index contributed by atoms with van der Waals surface area (Å²) < 4.78 is 1.62. The quantitative estimate of drug-likeness (QED) is 0.680. The molecule has 1 aromatic heterocycles. The van der Waals surface area contributed by atoms with Crippen molar-refractivity contribution in [3.05, 3.63) is 20.3 Å². The Morgan fingerprint density at radius 2 is 2.16 bits per heavy atom. The van der Waals surface area contributed by atoms with Crippen LogP contribution in [-0.2, 0) is 0 Å². The number of hydrogen-bond acceptors (Lipinski definition) is 4. The van der Waals surface area contributed by atoms with Gasteiger partial charge in [-0.1, -0.05) is 0 Å². The minimum Gasteiger partial charge on any atom is -0.368 e. The Bertz CT molecular complexity index is 619. The number of fused-ring (bicyclic) bond motifs is 1. The van der Waals surface area contributed by atoms with Gasteiger partial charge in [-0.05, 0) is 38.3 Å². The van der Waals surface area contributed by atoms with Crippen LogP contribution in [0.25, 0.3) is 0 Å². The summed E-state index contributed by atoms with van der Waals surface area (Å²) in [7, 11) is 0. The fraction of sp³-hybridized carbons (Fsp3) is 0.364. The summed E-state index contributed by atoms with van der Waals surface area (Å²) >= 11 is 6.92. The first-order chi connectivity index (χ1) is 9.08. The van der Waals surface area contributed by atoms with Gasteiger partial charge in [-0.2, -0.15) is 0 Å². The predicted molar refractivity (Wildman–Crippen MR) is 79.8 cm³/mol. The van der Waals surface area contributed by atoms with E-state index in [1.54, 1.807) is 0 Å². The third-order valence-electron chi connectivity index (χ3n) is 3.29. The van der Waals surface area contributed by atoms with Crippen LogP contribution in [0.2, 0.25) is 0 Å². The summed E-state index contributed by atoms with van der Waals surface area (Å²) in [5.41, 5.74) is 8.00. The number of aliphatic imine (C=N–C) groups is 2. The fourth-order valence-corrected chi connectivity index (χ4v) is 3.42. The highest BCUT2D eigenvalue weighted by Crippen LogP contribution is 2.38. The van der Waals surface area contributed by atoms with E-state index in [0.717, 1.165) is 26.8 Å². The third-order valence-corrected chi connectivity index (χ3v) is 5.24. The van der Waals surface area contributed by atoms with Crippen LogP contribution in [-0.4, -0.2) is 35.7 Å². The zero-order valence-electron chi connectivity index (χ0n) is 9.83. The van der Waals surface area contributed by atoms with Crippen molar-refractivity contribution >= 4 is 49.4 Å². The molecule has 2 aliphatic rings. The van der Waals surface area contributed by atoms with Crippen LogP contribution in [0.1, 0.15) is 28.4 Å². The number of H-pyrrole nitrogens is 1. The molecule has 0 radical (unpaired) electrons. The van der Waals surface area contributed by atoms with Gasteiger partial charge in [-0.3, -0.25) is 4.79 Å². The van der Waals surface area contributed by atoms with Gasteiger partial charge >= 0.3 is 0 Å². The van der Waals surface area contributed by atoms with Crippen molar-refractivity contribution < 1.29 is 4.79 Å². The molecule has 19 heavy (non-hydrogen) atoms. The molecule has 0 aromatic carbocycles. The molecule has 100 valence electrons. The van der Waals surface area contributed by atoms with Crippen molar-refractivity contribution in [2.45, 2.75) is 12.3 Å². The minimum absolute atomic E-state index is 0.0377. The molecule has 3 heterocycles. The zero-order chi connectivity index (χ0) is 13.6. The smallest absolute Gasteiger partial charge is 0.268 e. The molecule has 0 aliphatic carbocycles. The monoisotopic (exact) mass is 387 g/mol. The van der Waals surface area contributed by atoms with Crippen molar-refractivity contribution in [3.8, 4) is 0 Å². The van der Waals surface area contributed by atoms with E-state index < -0.39 is 0 Å². The molecule has 0 saturated heterocycles. The number of halogens is 2. The number of amides is 1. The number of aromatic nitrogens is 1. The van der Waals surface area contributed by atoms with Crippen molar-refractivity contribution in [1.82, 2.24) is 10.3 Å². The van der Waals surface area contributed by atoms with Crippen LogP contribution in [0.5, 0.6) is 0 Å². The van der Waals surface area contributed by atoms with Crippen molar-refractivity contribution in [2.75, 3.05) is 13.1 Å². The molecule has 4 N–H and O–H groups in total. The van der Waals surface area contributed by atoms with Crippen LogP contribution in [0.3, 0.4) is 0 Å². The van der Waals surface area contributed by atoms with E-state index in [0.29, 0.717) is 24.7 Å². The summed E-state index contributed by atoms with van der Waals surface area (Å²) in [6.45, 7) is 1.11. The van der Waals surface area contributed by atoms with Crippen LogP contribution in [0.15, 0.2) is 19.1 Å². The van der Waals surface area contributed by atoms with E-state index in [1.165, 1.54) is 0 Å². The molecule has 1 atom stereocenters. The largest absolute Gasteiger partial charge is 0.368 e. The summed E-state index contributed by atoms with van der Waals surface area (Å²) in [4.78, 5) is 23.5. The summed E-state index contributed by atoms with van der Waals surface area (Å²) in [5, 5.41) is 2.87.